The van der Waals surface area contributed by atoms with Crippen LogP contribution in [0, 0.1) is 0 Å². The quantitative estimate of drug-likeness (QED) is 0.684. The van der Waals surface area contributed by atoms with Crippen LogP contribution in [0.1, 0.15) is 5.56 Å². The third kappa shape index (κ3) is 4.05. The first-order valence-corrected chi connectivity index (χ1v) is 8.65. The zero-order chi connectivity index (χ0) is 20.1. The minimum Gasteiger partial charge on any atom is -0.493 e. The Kier molecular flexibility index (Phi) is 5.78. The fourth-order valence-corrected chi connectivity index (χ4v) is 3.00. The van der Waals surface area contributed by atoms with E-state index in [9.17, 15) is 14.4 Å². The average molecular weight is 387 g/mol. The maximum absolute atomic E-state index is 12.5. The number of carbonyl (C=O) groups is 1. The summed E-state index contributed by atoms with van der Waals surface area (Å²) in [6.07, 6.45) is 3.17. The van der Waals surface area contributed by atoms with Gasteiger partial charge >= 0.3 is 5.69 Å². The number of aromatic amines is 2. The number of anilines is 1. The number of carbonyl (C=O) groups excluding carboxylic acids is 1. The summed E-state index contributed by atoms with van der Waals surface area (Å²) in [5.41, 5.74) is -0.466. The van der Waals surface area contributed by atoms with Crippen LogP contribution in [0.5, 0.6) is 11.5 Å². The number of nitrogens with one attached hydrogen (secondary N) is 2. The first-order valence-electron chi connectivity index (χ1n) is 8.65. The smallest absolute Gasteiger partial charge is 0.342 e. The molecule has 0 bridgehead atoms. The number of hydrogen-bond acceptors (Lipinski definition) is 7. The van der Waals surface area contributed by atoms with Crippen LogP contribution < -0.4 is 25.6 Å². The summed E-state index contributed by atoms with van der Waals surface area (Å²) in [7, 11) is 3.10. The van der Waals surface area contributed by atoms with E-state index in [1.54, 1.807) is 36.2 Å². The normalized spacial score (nSPS) is 14.4. The van der Waals surface area contributed by atoms with Crippen LogP contribution in [0.25, 0.3) is 6.08 Å². The topological polar surface area (TPSA) is 121 Å². The first-order chi connectivity index (χ1) is 13.5. The lowest BCUT2D eigenvalue weighted by atomic mass is 10.1. The maximum Gasteiger partial charge on any atom is 0.342 e. The van der Waals surface area contributed by atoms with Gasteiger partial charge in [0.2, 0.25) is 11.7 Å². The van der Waals surface area contributed by atoms with Gasteiger partial charge in [-0.05, 0) is 12.1 Å². The van der Waals surface area contributed by atoms with Gasteiger partial charge in [0.15, 0.2) is 11.5 Å². The SMILES string of the molecule is COc1cccc(/C=C/C(=O)N2CCN(c3n[nH]c(=O)[nH]c3=O)CC2)c1OC. The van der Waals surface area contributed by atoms with E-state index in [1.807, 2.05) is 12.1 Å². The van der Waals surface area contributed by atoms with E-state index in [0.29, 0.717) is 37.7 Å². The lowest BCUT2D eigenvalue weighted by Gasteiger charge is -2.34. The minimum absolute atomic E-state index is 0.142. The minimum atomic E-state index is -0.652. The highest BCUT2D eigenvalue weighted by atomic mass is 16.5. The number of para-hydroxylation sites is 1. The Morgan fingerprint density at radius 1 is 1.14 bits per heavy atom. The molecule has 10 nitrogen and oxygen atoms in total. The standard InChI is InChI=1S/C18H21N5O5/c1-27-13-5-3-4-12(15(13)28-2)6-7-14(24)22-8-10-23(11-9-22)16-17(25)19-18(26)21-20-16/h3-7H,8-11H2,1-2H3,(H2,19,21,25,26)/b7-6+. The number of nitrogens with zero attached hydrogens (tertiary/aromatic N) is 3. The molecule has 0 aliphatic carbocycles. The van der Waals surface area contributed by atoms with Crippen molar-refractivity contribution in [1.29, 1.82) is 0 Å². The van der Waals surface area contributed by atoms with Crippen molar-refractivity contribution in [2.75, 3.05) is 45.3 Å². The van der Waals surface area contributed by atoms with Crippen molar-refractivity contribution in [3.05, 3.63) is 50.7 Å². The van der Waals surface area contributed by atoms with Gasteiger partial charge in [-0.3, -0.25) is 14.6 Å². The molecule has 0 atom stereocenters. The second-order valence-corrected chi connectivity index (χ2v) is 6.06. The molecule has 1 aromatic heterocycles. The number of amides is 1. The number of ether oxygens (including phenoxy) is 2. The molecule has 0 saturated carbocycles. The number of rotatable bonds is 5. The number of benzene rings is 1. The van der Waals surface area contributed by atoms with Gasteiger partial charge in [-0.25, -0.2) is 9.89 Å². The van der Waals surface area contributed by atoms with E-state index in [0.717, 1.165) is 5.56 Å². The summed E-state index contributed by atoms with van der Waals surface area (Å²) in [4.78, 5) is 41.0. The Balaban J connectivity index is 1.65. The maximum atomic E-state index is 12.5. The van der Waals surface area contributed by atoms with Gasteiger partial charge in [0, 0.05) is 37.8 Å². The molecular formula is C18H21N5O5. The van der Waals surface area contributed by atoms with Gasteiger partial charge in [-0.2, -0.15) is 0 Å². The van der Waals surface area contributed by atoms with Crippen molar-refractivity contribution in [3.63, 3.8) is 0 Å². The third-order valence-electron chi connectivity index (χ3n) is 4.42. The van der Waals surface area contributed by atoms with Crippen molar-refractivity contribution in [2.24, 2.45) is 0 Å². The highest BCUT2D eigenvalue weighted by molar-refractivity contribution is 5.92. The van der Waals surface area contributed by atoms with Crippen LogP contribution in [0.15, 0.2) is 33.9 Å². The van der Waals surface area contributed by atoms with Crippen LogP contribution >= 0.6 is 0 Å². The Morgan fingerprint density at radius 3 is 2.54 bits per heavy atom. The van der Waals surface area contributed by atoms with Crippen molar-refractivity contribution < 1.29 is 14.3 Å². The molecule has 1 aromatic carbocycles. The lowest BCUT2D eigenvalue weighted by molar-refractivity contribution is -0.126. The molecule has 0 spiro atoms. The van der Waals surface area contributed by atoms with Crippen LogP contribution in [-0.2, 0) is 4.79 Å². The fraction of sp³-hybridized carbons (Fsp3) is 0.333. The van der Waals surface area contributed by atoms with E-state index >= 15 is 0 Å². The van der Waals surface area contributed by atoms with Gasteiger partial charge in [0.25, 0.3) is 5.56 Å². The predicted octanol–water partition coefficient (Wildman–Crippen LogP) is -0.163. The van der Waals surface area contributed by atoms with E-state index in [2.05, 4.69) is 15.2 Å². The van der Waals surface area contributed by atoms with Gasteiger partial charge in [0.05, 0.1) is 14.2 Å². The van der Waals surface area contributed by atoms with E-state index < -0.39 is 11.2 Å². The molecule has 1 fully saturated rings. The van der Waals surface area contributed by atoms with Crippen molar-refractivity contribution in [1.82, 2.24) is 20.1 Å². The Morgan fingerprint density at radius 2 is 1.89 bits per heavy atom. The number of methoxy groups -OCH3 is 2. The summed E-state index contributed by atoms with van der Waals surface area (Å²) in [5, 5.41) is 6.00. The number of aromatic nitrogens is 3. The Bertz CT molecular complexity index is 988. The fourth-order valence-electron chi connectivity index (χ4n) is 3.00. The summed E-state index contributed by atoms with van der Waals surface area (Å²) in [6, 6.07) is 5.43. The second kappa shape index (κ2) is 8.42. The second-order valence-electron chi connectivity index (χ2n) is 6.06. The predicted molar refractivity (Wildman–Crippen MR) is 103 cm³/mol. The highest BCUT2D eigenvalue weighted by Gasteiger charge is 2.22. The molecular weight excluding hydrogens is 366 g/mol. The summed E-state index contributed by atoms with van der Waals surface area (Å²) in [6.45, 7) is 1.73. The van der Waals surface area contributed by atoms with Gasteiger partial charge < -0.3 is 19.3 Å². The van der Waals surface area contributed by atoms with E-state index in [1.165, 1.54) is 6.08 Å². The molecule has 1 aliphatic rings. The lowest BCUT2D eigenvalue weighted by Crippen LogP contribution is -2.50. The molecule has 2 heterocycles. The Labute approximate surface area is 160 Å². The molecule has 3 rings (SSSR count). The molecule has 2 N–H and O–H groups in total. The zero-order valence-corrected chi connectivity index (χ0v) is 15.6. The molecule has 0 unspecified atom stereocenters. The number of piperazine rings is 1. The van der Waals surface area contributed by atoms with Crippen LogP contribution in [-0.4, -0.2) is 66.4 Å². The summed E-state index contributed by atoms with van der Waals surface area (Å²) >= 11 is 0. The number of hydrogen-bond donors (Lipinski definition) is 2. The summed E-state index contributed by atoms with van der Waals surface area (Å²) < 4.78 is 10.6. The van der Waals surface area contributed by atoms with Gasteiger partial charge in [-0.1, -0.05) is 12.1 Å². The zero-order valence-electron chi connectivity index (χ0n) is 15.6. The molecule has 1 saturated heterocycles. The Hall–Kier alpha value is -3.56. The average Bonchev–Trinajstić information content (AvgIpc) is 2.71. The molecule has 28 heavy (non-hydrogen) atoms. The van der Waals surface area contributed by atoms with Gasteiger partial charge in [-0.15, -0.1) is 5.10 Å². The van der Waals surface area contributed by atoms with Crippen molar-refractivity contribution in [3.8, 4) is 11.5 Å². The van der Waals surface area contributed by atoms with Crippen molar-refractivity contribution in [2.45, 2.75) is 0 Å². The highest BCUT2D eigenvalue weighted by Crippen LogP contribution is 2.31. The van der Waals surface area contributed by atoms with Crippen LogP contribution in [0.2, 0.25) is 0 Å². The monoisotopic (exact) mass is 387 g/mol. The largest absolute Gasteiger partial charge is 0.493 e. The molecule has 148 valence electrons. The third-order valence-corrected chi connectivity index (χ3v) is 4.42. The molecule has 1 aliphatic heterocycles. The summed E-state index contributed by atoms with van der Waals surface area (Å²) in [5.74, 6) is 1.14. The number of H-pyrrole nitrogens is 2. The van der Waals surface area contributed by atoms with Crippen molar-refractivity contribution >= 4 is 17.8 Å². The first kappa shape index (κ1) is 19.2. The van der Waals surface area contributed by atoms with Crippen LogP contribution in [0.4, 0.5) is 5.82 Å². The van der Waals surface area contributed by atoms with Gasteiger partial charge in [0.1, 0.15) is 0 Å². The van der Waals surface area contributed by atoms with Crippen LogP contribution in [0.3, 0.4) is 0 Å². The molecule has 10 heteroatoms. The van der Waals surface area contributed by atoms with E-state index in [-0.39, 0.29) is 11.7 Å². The molecule has 2 aromatic rings. The molecule has 1 amide bonds. The van der Waals surface area contributed by atoms with E-state index in [4.69, 9.17) is 9.47 Å². The molecule has 0 radical (unpaired) electrons.